The maximum Gasteiger partial charge on any atom is 0.258 e. The third-order valence-electron chi connectivity index (χ3n) is 5.50. The molecule has 1 atom stereocenters. The van der Waals surface area contributed by atoms with Crippen LogP contribution in [0.15, 0.2) is 67.0 Å². The van der Waals surface area contributed by atoms with Gasteiger partial charge in [-0.25, -0.2) is 0 Å². The molecule has 1 fully saturated rings. The molecule has 1 amide bonds. The number of hydrogen-bond donors (Lipinski definition) is 0. The molecular weight excluding hydrogens is 420 g/mol. The van der Waals surface area contributed by atoms with Crippen LogP contribution in [0.5, 0.6) is 17.2 Å². The predicted molar refractivity (Wildman–Crippen MR) is 124 cm³/mol. The first kappa shape index (κ1) is 22.6. The van der Waals surface area contributed by atoms with Crippen LogP contribution < -0.4 is 14.2 Å². The monoisotopic (exact) mass is 448 g/mol. The number of carbonyl (C=O) groups excluding carboxylic acids is 1. The highest BCUT2D eigenvalue weighted by Crippen LogP contribution is 2.31. The average molecular weight is 449 g/mol. The van der Waals surface area contributed by atoms with Gasteiger partial charge in [0.25, 0.3) is 5.91 Å². The zero-order chi connectivity index (χ0) is 23.0. The number of aromatic nitrogens is 1. The van der Waals surface area contributed by atoms with E-state index in [0.29, 0.717) is 49.1 Å². The van der Waals surface area contributed by atoms with E-state index in [9.17, 15) is 4.79 Å². The zero-order valence-electron chi connectivity index (χ0n) is 18.9. The fourth-order valence-corrected chi connectivity index (χ4v) is 3.82. The third-order valence-corrected chi connectivity index (χ3v) is 5.50. The Morgan fingerprint density at radius 2 is 1.82 bits per heavy atom. The number of benzene rings is 2. The molecule has 0 aliphatic carbocycles. The van der Waals surface area contributed by atoms with Crippen molar-refractivity contribution in [3.8, 4) is 17.2 Å². The Hall–Kier alpha value is -3.58. The highest BCUT2D eigenvalue weighted by atomic mass is 16.6. The molecule has 33 heavy (non-hydrogen) atoms. The van der Waals surface area contributed by atoms with E-state index in [-0.39, 0.29) is 12.0 Å². The molecule has 0 bridgehead atoms. The van der Waals surface area contributed by atoms with E-state index >= 15 is 0 Å². The Bertz CT molecular complexity index is 1070. The van der Waals surface area contributed by atoms with Gasteiger partial charge in [-0.15, -0.1) is 0 Å². The second kappa shape index (κ2) is 10.8. The van der Waals surface area contributed by atoms with E-state index in [1.165, 1.54) is 0 Å². The normalized spacial score (nSPS) is 15.2. The summed E-state index contributed by atoms with van der Waals surface area (Å²) >= 11 is 0. The predicted octanol–water partition coefficient (Wildman–Crippen LogP) is 4.11. The summed E-state index contributed by atoms with van der Waals surface area (Å²) in [5.74, 6) is 1.72. The van der Waals surface area contributed by atoms with Crippen LogP contribution in [-0.4, -0.2) is 49.3 Å². The fraction of sp³-hybridized carbons (Fsp3) is 0.308. The number of ether oxygens (including phenoxy) is 4. The molecule has 3 aromatic rings. The van der Waals surface area contributed by atoms with Gasteiger partial charge >= 0.3 is 0 Å². The van der Waals surface area contributed by atoms with Crippen molar-refractivity contribution in [2.45, 2.75) is 25.6 Å². The first-order valence-electron chi connectivity index (χ1n) is 10.9. The van der Waals surface area contributed by atoms with Gasteiger partial charge in [0.15, 0.2) is 11.5 Å². The minimum Gasteiger partial charge on any atom is -0.496 e. The summed E-state index contributed by atoms with van der Waals surface area (Å²) in [7, 11) is 3.18. The Kier molecular flexibility index (Phi) is 7.42. The molecule has 0 N–H and O–H groups in total. The molecule has 2 aromatic carbocycles. The smallest absolute Gasteiger partial charge is 0.258 e. The third kappa shape index (κ3) is 5.62. The molecule has 2 heterocycles. The highest BCUT2D eigenvalue weighted by Gasteiger charge is 2.22. The van der Waals surface area contributed by atoms with Gasteiger partial charge in [0, 0.05) is 31.9 Å². The molecule has 1 aliphatic rings. The summed E-state index contributed by atoms with van der Waals surface area (Å²) in [6, 6.07) is 16.8. The number of hydrogen-bond acceptors (Lipinski definition) is 6. The van der Waals surface area contributed by atoms with Crippen molar-refractivity contribution < 1.29 is 23.7 Å². The SMILES string of the molecule is COc1cc(CN(Cc2cccnc2)C(=O)c2ccccc2OC)ccc1O[C@@H]1CCOC1. The Morgan fingerprint density at radius 3 is 2.55 bits per heavy atom. The molecule has 1 saturated heterocycles. The molecule has 0 unspecified atom stereocenters. The number of amides is 1. The molecule has 7 heteroatoms. The first-order valence-corrected chi connectivity index (χ1v) is 10.9. The lowest BCUT2D eigenvalue weighted by molar-refractivity contribution is 0.0726. The summed E-state index contributed by atoms with van der Waals surface area (Å²) < 4.78 is 22.4. The van der Waals surface area contributed by atoms with E-state index in [4.69, 9.17) is 18.9 Å². The van der Waals surface area contributed by atoms with Crippen molar-refractivity contribution in [2.24, 2.45) is 0 Å². The number of rotatable bonds is 9. The fourth-order valence-electron chi connectivity index (χ4n) is 3.82. The summed E-state index contributed by atoms with van der Waals surface area (Å²) in [5.41, 5.74) is 2.37. The van der Waals surface area contributed by atoms with Gasteiger partial charge in [-0.05, 0) is 41.5 Å². The number of carbonyl (C=O) groups is 1. The van der Waals surface area contributed by atoms with E-state index in [2.05, 4.69) is 4.98 Å². The van der Waals surface area contributed by atoms with Crippen LogP contribution in [0.1, 0.15) is 27.9 Å². The first-order chi connectivity index (χ1) is 16.2. The standard InChI is InChI=1S/C26H28N2O5/c1-30-23-8-4-3-7-22(23)26(29)28(17-20-6-5-12-27-15-20)16-19-9-10-24(25(14-19)31-2)33-21-11-13-32-18-21/h3-10,12,14-15,21H,11,13,16-18H2,1-2H3/t21-/m1/s1. The second-order valence-corrected chi connectivity index (χ2v) is 7.81. The minimum atomic E-state index is -0.126. The largest absolute Gasteiger partial charge is 0.496 e. The molecule has 1 aromatic heterocycles. The summed E-state index contributed by atoms with van der Waals surface area (Å²) in [6.07, 6.45) is 4.37. The molecule has 4 rings (SSSR count). The molecule has 0 radical (unpaired) electrons. The van der Waals surface area contributed by atoms with Crippen molar-refractivity contribution in [1.82, 2.24) is 9.88 Å². The molecule has 172 valence electrons. The van der Waals surface area contributed by atoms with Crippen LogP contribution in [0.25, 0.3) is 0 Å². The summed E-state index contributed by atoms with van der Waals surface area (Å²) in [5, 5.41) is 0. The lowest BCUT2D eigenvalue weighted by atomic mass is 10.1. The van der Waals surface area contributed by atoms with Gasteiger partial charge in [0.2, 0.25) is 0 Å². The molecule has 0 spiro atoms. The lowest BCUT2D eigenvalue weighted by Gasteiger charge is -2.24. The van der Waals surface area contributed by atoms with E-state index in [1.54, 1.807) is 43.6 Å². The van der Waals surface area contributed by atoms with Gasteiger partial charge in [0.1, 0.15) is 11.9 Å². The van der Waals surface area contributed by atoms with Crippen LogP contribution in [0.2, 0.25) is 0 Å². The maximum atomic E-state index is 13.5. The maximum absolute atomic E-state index is 13.5. The average Bonchev–Trinajstić information content (AvgIpc) is 3.38. The molecule has 0 saturated carbocycles. The summed E-state index contributed by atoms with van der Waals surface area (Å²) in [6.45, 7) is 2.08. The number of pyridine rings is 1. The second-order valence-electron chi connectivity index (χ2n) is 7.81. The van der Waals surface area contributed by atoms with Crippen molar-refractivity contribution >= 4 is 5.91 Å². The Balaban J connectivity index is 1.59. The quantitative estimate of drug-likeness (QED) is 0.491. The minimum absolute atomic E-state index is 0.0268. The van der Waals surface area contributed by atoms with Crippen LogP contribution in [0.4, 0.5) is 0 Å². The number of methoxy groups -OCH3 is 2. The Morgan fingerprint density at radius 1 is 1.00 bits per heavy atom. The van der Waals surface area contributed by atoms with Gasteiger partial charge in [-0.2, -0.15) is 0 Å². The zero-order valence-corrected chi connectivity index (χ0v) is 18.9. The summed E-state index contributed by atoms with van der Waals surface area (Å²) in [4.78, 5) is 19.5. The highest BCUT2D eigenvalue weighted by molar-refractivity contribution is 5.96. The van der Waals surface area contributed by atoms with E-state index in [1.807, 2.05) is 42.5 Å². The van der Waals surface area contributed by atoms with Gasteiger partial charge in [-0.1, -0.05) is 24.3 Å². The van der Waals surface area contributed by atoms with Gasteiger partial charge in [-0.3, -0.25) is 9.78 Å². The van der Waals surface area contributed by atoms with Gasteiger partial charge in [0.05, 0.1) is 33.0 Å². The number of nitrogens with zero attached hydrogens (tertiary/aromatic N) is 2. The molecular formula is C26H28N2O5. The topological polar surface area (TPSA) is 70.1 Å². The van der Waals surface area contributed by atoms with Crippen molar-refractivity contribution in [3.63, 3.8) is 0 Å². The Labute approximate surface area is 193 Å². The van der Waals surface area contributed by atoms with Crippen molar-refractivity contribution in [1.29, 1.82) is 0 Å². The van der Waals surface area contributed by atoms with Crippen LogP contribution >= 0.6 is 0 Å². The van der Waals surface area contributed by atoms with Crippen LogP contribution in [0.3, 0.4) is 0 Å². The van der Waals surface area contributed by atoms with E-state index < -0.39 is 0 Å². The molecule has 1 aliphatic heterocycles. The van der Waals surface area contributed by atoms with E-state index in [0.717, 1.165) is 17.5 Å². The van der Waals surface area contributed by atoms with Crippen molar-refractivity contribution in [2.75, 3.05) is 27.4 Å². The van der Waals surface area contributed by atoms with Gasteiger partial charge < -0.3 is 23.8 Å². The lowest BCUT2D eigenvalue weighted by Crippen LogP contribution is -2.30. The van der Waals surface area contributed by atoms with Crippen LogP contribution in [0, 0.1) is 0 Å². The molecule has 7 nitrogen and oxygen atoms in total. The van der Waals surface area contributed by atoms with Crippen LogP contribution in [-0.2, 0) is 17.8 Å². The van der Waals surface area contributed by atoms with Crippen molar-refractivity contribution in [3.05, 3.63) is 83.7 Å². The number of para-hydroxylation sites is 1.